The predicted octanol–water partition coefficient (Wildman–Crippen LogP) is 4.81. The predicted molar refractivity (Wildman–Crippen MR) is 125 cm³/mol. The lowest BCUT2D eigenvalue weighted by Crippen LogP contribution is -2.52. The molecule has 9 heteroatoms. The minimum Gasteiger partial charge on any atom is -0.481 e. The van der Waals surface area contributed by atoms with Gasteiger partial charge in [-0.1, -0.05) is 77.6 Å². The summed E-state index contributed by atoms with van der Waals surface area (Å²) in [6.45, 7) is -1.10. The van der Waals surface area contributed by atoms with Gasteiger partial charge in [0.15, 0.2) is 6.10 Å². The standard InChI is InChI=1S/C21H44NO6PS/c1-5-6-7-8-9-10-11-12-13-14-15-16-17-27-29(26,30)28-19(18-20(23)24)21(25)22(2,3)4/h19,21,25H,5-18H2,1-4H3,(H-,23,24,26,30)/p+1/t19-,21?,29?/m1/s1. The molecule has 0 bridgehead atoms. The van der Waals surface area contributed by atoms with Crippen LogP contribution in [0.15, 0.2) is 0 Å². The van der Waals surface area contributed by atoms with Crippen molar-refractivity contribution in [3.05, 3.63) is 0 Å². The maximum atomic E-state index is 11.1. The highest BCUT2D eigenvalue weighted by atomic mass is 32.5. The van der Waals surface area contributed by atoms with E-state index in [-0.39, 0.29) is 11.1 Å². The number of quaternary nitrogens is 1. The molecule has 180 valence electrons. The third-order valence-electron chi connectivity index (χ3n) is 5.02. The topological polar surface area (TPSA) is 96.2 Å². The minimum absolute atomic E-state index is 0.0615. The summed E-state index contributed by atoms with van der Waals surface area (Å²) in [5.41, 5.74) is 0. The van der Waals surface area contributed by atoms with E-state index in [1.165, 1.54) is 57.8 Å². The van der Waals surface area contributed by atoms with E-state index in [4.69, 9.17) is 26.0 Å². The van der Waals surface area contributed by atoms with Crippen molar-refractivity contribution in [1.29, 1.82) is 0 Å². The number of likely N-dealkylation sites (N-methyl/N-ethyl adjacent to an activating group) is 1. The van der Waals surface area contributed by atoms with Gasteiger partial charge in [-0.15, -0.1) is 0 Å². The molecular weight excluding hydrogens is 425 g/mol. The zero-order valence-corrected chi connectivity index (χ0v) is 21.1. The Balaban J connectivity index is 3.97. The van der Waals surface area contributed by atoms with E-state index in [0.29, 0.717) is 0 Å². The van der Waals surface area contributed by atoms with Crippen molar-refractivity contribution in [1.82, 2.24) is 0 Å². The Morgan fingerprint density at radius 2 is 1.37 bits per heavy atom. The van der Waals surface area contributed by atoms with Gasteiger partial charge in [0.2, 0.25) is 6.23 Å². The first-order valence-electron chi connectivity index (χ1n) is 11.4. The van der Waals surface area contributed by atoms with Crippen LogP contribution in [0.3, 0.4) is 0 Å². The summed E-state index contributed by atoms with van der Waals surface area (Å²) < 4.78 is 10.8. The molecule has 0 spiro atoms. The molecule has 0 fully saturated rings. The first-order valence-corrected chi connectivity index (χ1v) is 14.0. The number of carboxylic acid groups (broad SMARTS) is 1. The number of unbranched alkanes of at least 4 members (excludes halogenated alkanes) is 11. The number of hydrogen-bond acceptors (Lipinski definition) is 5. The van der Waals surface area contributed by atoms with Crippen LogP contribution in [0.2, 0.25) is 0 Å². The summed E-state index contributed by atoms with van der Waals surface area (Å²) in [5, 5.41) is 19.4. The van der Waals surface area contributed by atoms with Crippen LogP contribution in [-0.4, -0.2) is 65.6 Å². The Bertz CT molecular complexity index is 500. The summed E-state index contributed by atoms with van der Waals surface area (Å²) in [5.74, 6) is -1.14. The first-order chi connectivity index (χ1) is 14.0. The van der Waals surface area contributed by atoms with Crippen molar-refractivity contribution in [3.8, 4) is 0 Å². The molecule has 0 aromatic rings. The molecule has 7 nitrogen and oxygen atoms in total. The number of aliphatic hydroxyl groups is 1. The molecule has 0 aliphatic carbocycles. The van der Waals surface area contributed by atoms with Crippen LogP contribution in [-0.2, 0) is 25.6 Å². The van der Waals surface area contributed by atoms with Gasteiger partial charge in [0.1, 0.15) is 0 Å². The van der Waals surface area contributed by atoms with Crippen molar-refractivity contribution >= 4 is 24.5 Å². The van der Waals surface area contributed by atoms with Gasteiger partial charge < -0.3 is 24.1 Å². The number of aliphatic carboxylic acids is 1. The molecule has 0 radical (unpaired) electrons. The van der Waals surface area contributed by atoms with Crippen molar-refractivity contribution in [3.63, 3.8) is 0 Å². The molecule has 0 saturated carbocycles. The Labute approximate surface area is 188 Å². The molecule has 0 aliphatic rings. The SMILES string of the molecule is CCCCCCCCCCCCCCOP(O)(=S)O[C@H](CC(=O)O)C(O)[N+](C)(C)C. The molecule has 0 aromatic carbocycles. The van der Waals surface area contributed by atoms with Gasteiger partial charge >= 0.3 is 12.7 Å². The summed E-state index contributed by atoms with van der Waals surface area (Å²) in [6, 6.07) is 0. The number of nitrogens with zero attached hydrogens (tertiary/aromatic N) is 1. The van der Waals surface area contributed by atoms with Gasteiger partial charge in [0.05, 0.1) is 34.2 Å². The third kappa shape index (κ3) is 16.6. The highest BCUT2D eigenvalue weighted by molar-refractivity contribution is 8.07. The number of rotatable bonds is 20. The maximum absolute atomic E-state index is 11.1. The smallest absolute Gasteiger partial charge is 0.325 e. The Morgan fingerprint density at radius 3 is 1.77 bits per heavy atom. The van der Waals surface area contributed by atoms with Crippen LogP contribution in [0.25, 0.3) is 0 Å². The highest BCUT2D eigenvalue weighted by Crippen LogP contribution is 2.46. The van der Waals surface area contributed by atoms with Gasteiger partial charge in [-0.2, -0.15) is 0 Å². The average Bonchev–Trinajstić information content (AvgIpc) is 2.63. The second-order valence-corrected chi connectivity index (χ2v) is 11.8. The Kier molecular flexibility index (Phi) is 16.5. The normalized spacial score (nSPS) is 16.2. The molecular formula is C21H45NO6PS+. The van der Waals surface area contributed by atoms with E-state index >= 15 is 0 Å². The van der Waals surface area contributed by atoms with E-state index < -0.39 is 31.4 Å². The number of carboxylic acids is 1. The maximum Gasteiger partial charge on any atom is 0.325 e. The molecule has 30 heavy (non-hydrogen) atoms. The molecule has 0 aliphatic heterocycles. The van der Waals surface area contributed by atoms with E-state index in [9.17, 15) is 14.8 Å². The number of hydrogen-bond donors (Lipinski definition) is 3. The van der Waals surface area contributed by atoms with Crippen LogP contribution in [0.1, 0.15) is 90.4 Å². The summed E-state index contributed by atoms with van der Waals surface area (Å²) in [6.07, 6.45) is 11.9. The van der Waals surface area contributed by atoms with Crippen LogP contribution >= 0.6 is 6.72 Å². The zero-order valence-electron chi connectivity index (χ0n) is 19.4. The third-order valence-corrected chi connectivity index (χ3v) is 6.64. The second-order valence-electron chi connectivity index (χ2n) is 8.96. The second kappa shape index (κ2) is 16.5. The van der Waals surface area contributed by atoms with E-state index in [1.54, 1.807) is 21.1 Å². The fourth-order valence-electron chi connectivity index (χ4n) is 3.19. The van der Waals surface area contributed by atoms with Crippen LogP contribution in [0.4, 0.5) is 0 Å². The molecule has 2 unspecified atom stereocenters. The molecule has 0 amide bonds. The average molecular weight is 471 g/mol. The van der Waals surface area contributed by atoms with Gasteiger partial charge in [-0.25, -0.2) is 0 Å². The lowest BCUT2D eigenvalue weighted by molar-refractivity contribution is -0.922. The molecule has 3 N–H and O–H groups in total. The number of aliphatic hydroxyl groups excluding tert-OH is 1. The fraction of sp³-hybridized carbons (Fsp3) is 0.952. The summed E-state index contributed by atoms with van der Waals surface area (Å²) in [4.78, 5) is 21.3. The Hall–Kier alpha value is -0.0800. The van der Waals surface area contributed by atoms with Gasteiger partial charge in [-0.3, -0.25) is 9.32 Å². The molecule has 3 atom stereocenters. The first kappa shape index (κ1) is 29.9. The molecule has 0 heterocycles. The largest absolute Gasteiger partial charge is 0.481 e. The van der Waals surface area contributed by atoms with Gasteiger partial charge in [0, 0.05) is 0 Å². The molecule has 0 aromatic heterocycles. The van der Waals surface area contributed by atoms with E-state index in [2.05, 4.69) is 6.92 Å². The van der Waals surface area contributed by atoms with E-state index in [1.807, 2.05) is 0 Å². The quantitative estimate of drug-likeness (QED) is 0.102. The van der Waals surface area contributed by atoms with Gasteiger partial charge in [0.25, 0.3) is 0 Å². The minimum atomic E-state index is -3.61. The molecule has 0 saturated heterocycles. The lowest BCUT2D eigenvalue weighted by Gasteiger charge is -2.35. The highest BCUT2D eigenvalue weighted by Gasteiger charge is 2.37. The summed E-state index contributed by atoms with van der Waals surface area (Å²) >= 11 is 5.01. The monoisotopic (exact) mass is 470 g/mol. The lowest BCUT2D eigenvalue weighted by atomic mass is 10.1. The van der Waals surface area contributed by atoms with Crippen LogP contribution < -0.4 is 0 Å². The van der Waals surface area contributed by atoms with Crippen molar-refractivity contribution in [2.24, 2.45) is 0 Å². The number of carbonyl (C=O) groups is 1. The van der Waals surface area contributed by atoms with Crippen LogP contribution in [0, 0.1) is 0 Å². The molecule has 0 rings (SSSR count). The van der Waals surface area contributed by atoms with E-state index in [0.717, 1.165) is 19.3 Å². The van der Waals surface area contributed by atoms with Crippen molar-refractivity contribution < 1.29 is 33.4 Å². The summed E-state index contributed by atoms with van der Waals surface area (Å²) in [7, 11) is 5.12. The Morgan fingerprint density at radius 1 is 0.933 bits per heavy atom. The van der Waals surface area contributed by atoms with Crippen LogP contribution in [0.5, 0.6) is 0 Å². The zero-order chi connectivity index (χ0) is 23.0. The fourth-order valence-corrected chi connectivity index (χ4v) is 4.69. The van der Waals surface area contributed by atoms with Crippen molar-refractivity contribution in [2.45, 2.75) is 103 Å². The van der Waals surface area contributed by atoms with Crippen molar-refractivity contribution in [2.75, 3.05) is 27.7 Å². The van der Waals surface area contributed by atoms with Gasteiger partial charge in [-0.05, 0) is 18.2 Å².